The van der Waals surface area contributed by atoms with Crippen LogP contribution in [0.2, 0.25) is 5.02 Å². The average molecular weight is 1950 g/mol. The summed E-state index contributed by atoms with van der Waals surface area (Å²) >= 11 is 5.97. The normalized spacial score (nSPS) is 22.9. The van der Waals surface area contributed by atoms with Crippen LogP contribution in [0, 0.1) is 0 Å². The quantitative estimate of drug-likeness (QED) is 0.0229. The van der Waals surface area contributed by atoms with Crippen LogP contribution < -0.4 is 64.6 Å². The molecular weight excluding hydrogens is 1780 g/mol. The Labute approximate surface area is 852 Å². The van der Waals surface area contributed by atoms with E-state index in [2.05, 4.69) is 340 Å². The second-order valence-corrected chi connectivity index (χ2v) is 42.6. The fraction of sp³-hybridized carbons (Fsp3) is 0.508. The lowest BCUT2D eigenvalue weighted by atomic mass is 9.66. The highest BCUT2D eigenvalue weighted by Gasteiger charge is 2.49. The van der Waals surface area contributed by atoms with Crippen molar-refractivity contribution in [2.24, 2.45) is 0 Å². The second-order valence-electron chi connectivity index (χ2n) is 42.1. The van der Waals surface area contributed by atoms with Crippen LogP contribution >= 0.6 is 11.6 Å². The van der Waals surface area contributed by atoms with Gasteiger partial charge in [-0.15, -0.1) is 0 Å². The minimum atomic E-state index is -0.124. The molecular formula is C122H169ClN6O12. The van der Waals surface area contributed by atoms with E-state index in [0.717, 1.165) is 246 Å². The maximum Gasteiger partial charge on any atom is 0.161 e. The zero-order valence-corrected chi connectivity index (χ0v) is 89.6. The largest absolute Gasteiger partial charge is 0.497 e. The summed E-state index contributed by atoms with van der Waals surface area (Å²) in [7, 11) is 16.2. The predicted octanol–water partition coefficient (Wildman–Crippen LogP) is 25.6. The van der Waals surface area contributed by atoms with E-state index in [4.69, 9.17) is 68.4 Å². The highest BCUT2D eigenvalue weighted by atomic mass is 35.5. The van der Waals surface area contributed by atoms with Gasteiger partial charge in [0.25, 0.3) is 0 Å². The Bertz CT molecular complexity index is 5320. The molecule has 141 heavy (non-hydrogen) atoms. The molecule has 0 saturated carbocycles. The van der Waals surface area contributed by atoms with Gasteiger partial charge in [-0.05, 0) is 322 Å². The lowest BCUT2D eigenvalue weighted by Crippen LogP contribution is -2.46. The molecule has 5 aliphatic rings. The minimum Gasteiger partial charge on any atom is -0.497 e. The predicted molar refractivity (Wildman–Crippen MR) is 580 cm³/mol. The van der Waals surface area contributed by atoms with E-state index in [1.165, 1.54) is 61.3 Å². The Hall–Kier alpha value is -9.51. The monoisotopic (exact) mass is 1950 g/mol. The number of nitrogens with one attached hydrogen (secondary N) is 5. The number of hydrogen-bond donors (Lipinski definition) is 5. The summed E-state index contributed by atoms with van der Waals surface area (Å²) in [5.74, 6) is 6.29. The van der Waals surface area contributed by atoms with Crippen LogP contribution in [0.1, 0.15) is 247 Å². The van der Waals surface area contributed by atoms with E-state index in [1.54, 1.807) is 49.8 Å². The highest BCUT2D eigenvalue weighted by molar-refractivity contribution is 6.30. The number of para-hydroxylation sites is 3. The van der Waals surface area contributed by atoms with Crippen molar-refractivity contribution in [3.63, 3.8) is 0 Å². The lowest BCUT2D eigenvalue weighted by molar-refractivity contribution is -0.0985. The third-order valence-corrected chi connectivity index (χ3v) is 30.6. The number of methoxy groups -OCH3 is 7. The molecule has 18 nitrogen and oxygen atoms in total. The zero-order valence-electron chi connectivity index (χ0n) is 88.9. The first-order chi connectivity index (χ1) is 67.8. The molecule has 10 aromatic carbocycles. The number of ether oxygens (including phenoxy) is 12. The maximum absolute atomic E-state index is 6.20. The van der Waals surface area contributed by atoms with Crippen molar-refractivity contribution < 1.29 is 56.8 Å². The van der Waals surface area contributed by atoms with E-state index in [1.807, 2.05) is 30.3 Å². The Morgan fingerprint density at radius 1 is 0.319 bits per heavy atom. The van der Waals surface area contributed by atoms with Crippen LogP contribution in [0.25, 0.3) is 0 Å². The van der Waals surface area contributed by atoms with Gasteiger partial charge in [0.1, 0.15) is 28.7 Å². The SMILES string of the molecule is CCC1(C)CC(CCNCc2ccc(OC)c(OC)c2)(c2ccccc2OC)CCO1.CCC1(C)CC(CCNCc2ccccc2)(c2ccccc2OC)CCO1.COc1ccc(C2(CCNC(C)c3ccccc3)CCOC(C)(C)C2)cc1.COc1ccc(C2(CCNCc3ccc(Cl)cc3)CCOC(C)(C)C2)cc1.COc1ccccc1C1(CCNCc2ccc(N(C)C)cc2)CCOC(C)(C)C1. The summed E-state index contributed by atoms with van der Waals surface area (Å²) in [5, 5.41) is 19.1. The molecule has 15 rings (SSSR count). The van der Waals surface area contributed by atoms with Gasteiger partial charge in [-0.2, -0.15) is 0 Å². The molecule has 5 aliphatic heterocycles. The van der Waals surface area contributed by atoms with Gasteiger partial charge >= 0.3 is 0 Å². The highest BCUT2D eigenvalue weighted by Crippen LogP contribution is 2.53. The van der Waals surface area contributed by atoms with Crippen LogP contribution in [0.3, 0.4) is 0 Å². The molecule has 0 aromatic heterocycles. The van der Waals surface area contributed by atoms with E-state index < -0.39 is 0 Å². The van der Waals surface area contributed by atoms with Crippen LogP contribution in [0.15, 0.2) is 249 Å². The van der Waals surface area contributed by atoms with Crippen molar-refractivity contribution in [1.82, 2.24) is 26.6 Å². The van der Waals surface area contributed by atoms with Crippen molar-refractivity contribution in [3.8, 4) is 40.2 Å². The van der Waals surface area contributed by atoms with E-state index in [-0.39, 0.29) is 55.1 Å². The van der Waals surface area contributed by atoms with Crippen molar-refractivity contribution in [3.05, 3.63) is 309 Å². The molecule has 0 amide bonds. The lowest BCUT2D eigenvalue weighted by Gasteiger charge is -2.47. The van der Waals surface area contributed by atoms with Crippen molar-refractivity contribution >= 4 is 17.3 Å². The Balaban J connectivity index is 0.000000169. The standard InChI is InChI=1S/C26H37NO4.C25H36N2O2.2C24H33NO2.C23H30ClNO2/c1-6-25(2)19-26(14-16-31-25,21-9-7-8-10-22(21)28-3)13-15-27-18-20-11-12-23(29-4)24(17-20)30-5;1-24(2)19-25(15-17-29-24,22-8-6-7-9-23(22)28-5)14-16-26-18-20-10-12-21(13-11-20)27(3)4;1-19(20-8-6-5-7-9-20)25-16-14-24(15-17-27-23(2,3)18-24)21-10-12-22(26-4)13-11-21;1-4-23(2)19-24(15-17-27-23,21-12-8-9-13-22(21)26-3)14-16-25-18-20-10-6-5-7-11-20;1-22(2)17-23(13-15-27-22,19-6-10-21(26-3)11-7-19)12-14-25-16-18-4-8-20(24)9-5-18/h7-12,17,27H,6,13-16,18-19H2,1-5H3;6-13,26H,14-19H2,1-5H3;5-13,19,25H,14-18H2,1-4H3;5-13,25H,4,14-19H2,1-3H3;4-11,25H,12-17H2,1-3H3. The fourth-order valence-corrected chi connectivity index (χ4v) is 22.5. The first-order valence-electron chi connectivity index (χ1n) is 51.6. The molecule has 0 radical (unpaired) electrons. The molecule has 10 aromatic rings. The summed E-state index contributed by atoms with van der Waals surface area (Å²) in [4.78, 5) is 2.13. The molecule has 19 heteroatoms. The molecule has 5 fully saturated rings. The number of rotatable bonds is 40. The smallest absolute Gasteiger partial charge is 0.161 e. The van der Waals surface area contributed by atoms with Crippen molar-refractivity contribution in [1.29, 1.82) is 0 Å². The van der Waals surface area contributed by atoms with Crippen LogP contribution in [0.5, 0.6) is 40.2 Å². The molecule has 0 aliphatic carbocycles. The average Bonchev–Trinajstić information content (AvgIpc) is 0.759. The molecule has 5 heterocycles. The Kier molecular flexibility index (Phi) is 42.3. The topological polar surface area (TPSA) is 174 Å². The van der Waals surface area contributed by atoms with Gasteiger partial charge in [-0.3, -0.25) is 0 Å². The van der Waals surface area contributed by atoms with Gasteiger partial charge in [0.2, 0.25) is 0 Å². The number of halogens is 1. The number of anilines is 1. The van der Waals surface area contributed by atoms with Crippen LogP contribution in [0.4, 0.5) is 5.69 Å². The molecule has 5 N–H and O–H groups in total. The summed E-state index contributed by atoms with van der Waals surface area (Å²) in [6.07, 6.45) is 17.6. The molecule has 8 unspecified atom stereocenters. The fourth-order valence-electron chi connectivity index (χ4n) is 22.4. The summed E-state index contributed by atoms with van der Waals surface area (Å²) in [5.41, 5.74) is 14.3. The van der Waals surface area contributed by atoms with Crippen LogP contribution in [-0.2, 0) is 76.9 Å². The van der Waals surface area contributed by atoms with Crippen molar-refractivity contribution in [2.45, 2.75) is 273 Å². The summed E-state index contributed by atoms with van der Waals surface area (Å²) < 4.78 is 69.2. The molecule has 766 valence electrons. The number of nitrogens with zero attached hydrogens (tertiary/aromatic N) is 1. The van der Waals surface area contributed by atoms with E-state index >= 15 is 0 Å². The van der Waals surface area contributed by atoms with Gasteiger partial charge in [0.15, 0.2) is 11.5 Å². The zero-order chi connectivity index (χ0) is 101. The van der Waals surface area contributed by atoms with Crippen molar-refractivity contribution in [2.75, 3.05) is 135 Å². The first kappa shape index (κ1) is 112. The minimum absolute atomic E-state index is 0.0280. The van der Waals surface area contributed by atoms with Gasteiger partial charge in [-0.25, -0.2) is 0 Å². The van der Waals surface area contributed by atoms with Crippen LogP contribution in [-0.4, -0.2) is 158 Å². The maximum atomic E-state index is 6.20. The van der Waals surface area contributed by atoms with E-state index in [0.29, 0.717) is 6.04 Å². The summed E-state index contributed by atoms with van der Waals surface area (Å²) in [6, 6.07) is 87.2. The Morgan fingerprint density at radius 3 is 1.01 bits per heavy atom. The molecule has 0 spiro atoms. The first-order valence-corrected chi connectivity index (χ1v) is 52.0. The number of benzene rings is 10. The third-order valence-electron chi connectivity index (χ3n) is 30.4. The van der Waals surface area contributed by atoms with Gasteiger partial charge in [0.05, 0.1) is 77.8 Å². The Morgan fingerprint density at radius 2 is 0.638 bits per heavy atom. The van der Waals surface area contributed by atoms with Gasteiger partial charge < -0.3 is 88.3 Å². The van der Waals surface area contributed by atoms with Gasteiger partial charge in [-0.1, -0.05) is 195 Å². The third kappa shape index (κ3) is 32.0. The molecule has 0 bridgehead atoms. The number of hydrogen-bond acceptors (Lipinski definition) is 18. The molecule has 5 saturated heterocycles. The van der Waals surface area contributed by atoms with Gasteiger partial charge in [0, 0.05) is 134 Å². The van der Waals surface area contributed by atoms with E-state index in [9.17, 15) is 0 Å². The summed E-state index contributed by atoms with van der Waals surface area (Å²) in [6.45, 7) is 36.6. The molecule has 8 atom stereocenters. The second kappa shape index (κ2) is 53.4.